The number of amides is 1. The molecule has 30 heavy (non-hydrogen) atoms. The van der Waals surface area contributed by atoms with E-state index in [4.69, 9.17) is 12.2 Å². The first-order valence-corrected chi connectivity index (χ1v) is 10.5. The number of nitrogens with one attached hydrogen (secondary N) is 2. The molecule has 0 saturated carbocycles. The van der Waals surface area contributed by atoms with Gasteiger partial charge >= 0.3 is 0 Å². The van der Waals surface area contributed by atoms with Gasteiger partial charge in [0.2, 0.25) is 0 Å². The van der Waals surface area contributed by atoms with E-state index < -0.39 is 0 Å². The fourth-order valence-corrected chi connectivity index (χ4v) is 4.17. The van der Waals surface area contributed by atoms with Crippen LogP contribution in [0.25, 0.3) is 11.0 Å². The molecule has 4 aromatic rings. The maximum absolute atomic E-state index is 12.8. The lowest BCUT2D eigenvalue weighted by Gasteiger charge is -2.06. The number of allylic oxidation sites excluding steroid dienone is 1. The van der Waals surface area contributed by atoms with Gasteiger partial charge in [0.05, 0.1) is 29.1 Å². The minimum Gasteiger partial charge on any atom is -0.300 e. The molecule has 0 spiro atoms. The highest BCUT2D eigenvalue weighted by Gasteiger charge is 2.17. The summed E-state index contributed by atoms with van der Waals surface area (Å²) in [6.07, 6.45) is 2.26. The summed E-state index contributed by atoms with van der Waals surface area (Å²) in [7, 11) is 1.84. The van der Waals surface area contributed by atoms with E-state index in [1.54, 1.807) is 10.8 Å². The summed E-state index contributed by atoms with van der Waals surface area (Å²) in [5.41, 5.74) is 3.52. The highest BCUT2D eigenvalue weighted by molar-refractivity contribution is 7.71. The van der Waals surface area contributed by atoms with Crippen LogP contribution in [0.3, 0.4) is 0 Å². The van der Waals surface area contributed by atoms with Gasteiger partial charge in [0.1, 0.15) is 5.82 Å². The van der Waals surface area contributed by atoms with E-state index in [1.807, 2.05) is 36.9 Å². The third kappa shape index (κ3) is 3.68. The van der Waals surface area contributed by atoms with Gasteiger partial charge in [-0.15, -0.1) is 17.9 Å². The molecular weight excluding hydrogens is 420 g/mol. The number of aryl methyl sites for hydroxylation is 3. The number of carbonyl (C=O) groups excluding carboxylic acids is 1. The van der Waals surface area contributed by atoms with Gasteiger partial charge < -0.3 is 0 Å². The van der Waals surface area contributed by atoms with E-state index in [0.29, 0.717) is 34.1 Å². The van der Waals surface area contributed by atoms with Gasteiger partial charge in [0.15, 0.2) is 15.5 Å². The molecule has 4 heterocycles. The van der Waals surface area contributed by atoms with Crippen LogP contribution in [0.15, 0.2) is 24.1 Å². The molecule has 0 aromatic carbocycles. The Labute approximate surface area is 181 Å². The molecule has 0 bridgehead atoms. The second-order valence-corrected chi connectivity index (χ2v) is 8.07. The molecule has 0 aliphatic rings. The topological polar surface area (TPSA) is 106 Å². The van der Waals surface area contributed by atoms with Gasteiger partial charge in [-0.05, 0) is 32.1 Å². The highest BCUT2D eigenvalue weighted by Crippen LogP contribution is 2.22. The number of nitrogens with zero attached hydrogens (tertiary/aromatic N) is 6. The van der Waals surface area contributed by atoms with E-state index in [9.17, 15) is 4.79 Å². The first-order chi connectivity index (χ1) is 14.4. The first-order valence-electron chi connectivity index (χ1n) is 9.19. The number of hydrogen-bond acceptors (Lipinski definition) is 7. The largest absolute Gasteiger partial charge is 0.300 e. The van der Waals surface area contributed by atoms with Crippen LogP contribution >= 0.6 is 23.6 Å². The zero-order chi connectivity index (χ0) is 21.4. The number of fused-ring (bicyclic) bond motifs is 1. The normalized spacial score (nSPS) is 11.2. The molecule has 2 N–H and O–H groups in total. The molecule has 0 unspecified atom stereocenters. The molecule has 0 aliphatic heterocycles. The standard InChI is InChI=1S/C19H20N8OS2/c1-5-6-27-15(23-24-19(27)29)7-12-9-30-18(21-12)22-17(28)14-8-13-11(3)25-26(4)16(13)20-10(14)2/h5,8-9H,1,6-7H2,2-4H3,(H,24,29)(H,21,22,28). The number of hydrogen-bond donors (Lipinski definition) is 2. The van der Waals surface area contributed by atoms with Crippen LogP contribution in [0, 0.1) is 18.6 Å². The Morgan fingerprint density at radius 2 is 2.17 bits per heavy atom. The summed E-state index contributed by atoms with van der Waals surface area (Å²) in [6.45, 7) is 8.02. The number of thiazole rings is 1. The van der Waals surface area contributed by atoms with E-state index in [0.717, 1.165) is 28.2 Å². The summed E-state index contributed by atoms with van der Waals surface area (Å²) < 4.78 is 4.12. The van der Waals surface area contributed by atoms with Crippen molar-refractivity contribution in [3.8, 4) is 0 Å². The lowest BCUT2D eigenvalue weighted by molar-refractivity contribution is 0.102. The molecule has 1 amide bonds. The predicted octanol–water partition coefficient (Wildman–Crippen LogP) is 3.32. The van der Waals surface area contributed by atoms with Gasteiger partial charge in [-0.25, -0.2) is 9.97 Å². The monoisotopic (exact) mass is 440 g/mol. The third-order valence-corrected chi connectivity index (χ3v) is 5.81. The molecule has 0 atom stereocenters. The van der Waals surface area contributed by atoms with Crippen molar-refractivity contribution in [3.63, 3.8) is 0 Å². The average molecular weight is 441 g/mol. The number of carbonyl (C=O) groups is 1. The zero-order valence-corrected chi connectivity index (χ0v) is 18.4. The molecular formula is C19H20N8OS2. The minimum absolute atomic E-state index is 0.250. The summed E-state index contributed by atoms with van der Waals surface area (Å²) in [4.78, 5) is 21.9. The maximum Gasteiger partial charge on any atom is 0.259 e. The fraction of sp³-hybridized carbons (Fsp3) is 0.263. The third-order valence-electron chi connectivity index (χ3n) is 4.69. The summed E-state index contributed by atoms with van der Waals surface area (Å²) in [5.74, 6) is 0.515. The Hall–Kier alpha value is -3.18. The molecule has 0 fully saturated rings. The fourth-order valence-electron chi connectivity index (χ4n) is 3.24. The van der Waals surface area contributed by atoms with E-state index in [2.05, 4.69) is 37.2 Å². The van der Waals surface area contributed by atoms with Crippen molar-refractivity contribution in [2.24, 2.45) is 7.05 Å². The maximum atomic E-state index is 12.8. The molecule has 0 radical (unpaired) electrons. The van der Waals surface area contributed by atoms with Gasteiger partial charge in [0, 0.05) is 24.4 Å². The summed E-state index contributed by atoms with van der Waals surface area (Å²) >= 11 is 6.60. The molecule has 11 heteroatoms. The van der Waals surface area contributed by atoms with Crippen LogP contribution in [0.5, 0.6) is 0 Å². The van der Waals surface area contributed by atoms with Gasteiger partial charge in [-0.1, -0.05) is 6.08 Å². The van der Waals surface area contributed by atoms with Crippen molar-refractivity contribution < 1.29 is 4.79 Å². The molecule has 154 valence electrons. The van der Waals surface area contributed by atoms with Gasteiger partial charge in [0.25, 0.3) is 5.91 Å². The minimum atomic E-state index is -0.250. The number of rotatable bonds is 6. The SMILES string of the molecule is C=CCn1c(Cc2csc(NC(=O)c3cc4c(C)nn(C)c4nc3C)n2)n[nH]c1=S. The van der Waals surface area contributed by atoms with Crippen molar-refractivity contribution in [3.05, 3.63) is 57.3 Å². The average Bonchev–Trinajstić information content (AvgIpc) is 3.36. The van der Waals surface area contributed by atoms with Gasteiger partial charge in [-0.2, -0.15) is 10.2 Å². The second-order valence-electron chi connectivity index (χ2n) is 6.82. The number of pyridine rings is 1. The predicted molar refractivity (Wildman–Crippen MR) is 118 cm³/mol. The molecule has 9 nitrogen and oxygen atoms in total. The van der Waals surface area contributed by atoms with Crippen molar-refractivity contribution in [1.82, 2.24) is 34.5 Å². The van der Waals surface area contributed by atoms with Crippen LogP contribution in [0.4, 0.5) is 5.13 Å². The van der Waals surface area contributed by atoms with E-state index in [-0.39, 0.29) is 5.91 Å². The van der Waals surface area contributed by atoms with E-state index in [1.165, 1.54) is 11.3 Å². The second kappa shape index (κ2) is 7.92. The molecule has 4 aromatic heterocycles. The lowest BCUT2D eigenvalue weighted by Crippen LogP contribution is -2.14. The quantitative estimate of drug-likeness (QED) is 0.352. The van der Waals surface area contributed by atoms with Crippen LogP contribution in [-0.2, 0) is 20.0 Å². The van der Waals surface area contributed by atoms with E-state index >= 15 is 0 Å². The number of H-pyrrole nitrogens is 1. The Morgan fingerprint density at radius 1 is 1.37 bits per heavy atom. The summed E-state index contributed by atoms with van der Waals surface area (Å²) in [5, 5.41) is 17.6. The van der Waals surface area contributed by atoms with Crippen LogP contribution in [0.2, 0.25) is 0 Å². The Bertz CT molecular complexity index is 1330. The smallest absolute Gasteiger partial charge is 0.259 e. The lowest BCUT2D eigenvalue weighted by atomic mass is 10.1. The van der Waals surface area contributed by atoms with Crippen molar-refractivity contribution in [1.29, 1.82) is 0 Å². The van der Waals surface area contributed by atoms with Crippen molar-refractivity contribution >= 4 is 45.6 Å². The van der Waals surface area contributed by atoms with Crippen molar-refractivity contribution in [2.75, 3.05) is 5.32 Å². The van der Waals surface area contributed by atoms with Gasteiger partial charge in [-0.3, -0.25) is 24.5 Å². The number of anilines is 1. The Balaban J connectivity index is 1.54. The highest BCUT2D eigenvalue weighted by atomic mass is 32.1. The van der Waals surface area contributed by atoms with Crippen LogP contribution < -0.4 is 5.32 Å². The molecule has 4 rings (SSSR count). The van der Waals surface area contributed by atoms with Crippen molar-refractivity contribution in [2.45, 2.75) is 26.8 Å². The number of aromatic amines is 1. The zero-order valence-electron chi connectivity index (χ0n) is 16.8. The Kier molecular flexibility index (Phi) is 5.31. The summed E-state index contributed by atoms with van der Waals surface area (Å²) in [6, 6.07) is 1.83. The Morgan fingerprint density at radius 3 is 2.93 bits per heavy atom. The molecule has 0 saturated heterocycles. The van der Waals surface area contributed by atoms with Crippen LogP contribution in [0.1, 0.15) is 33.3 Å². The van der Waals surface area contributed by atoms with Crippen LogP contribution in [-0.4, -0.2) is 40.4 Å². The number of aromatic nitrogens is 7. The first kappa shape index (κ1) is 20.1. The molecule has 0 aliphatic carbocycles.